The van der Waals surface area contributed by atoms with Gasteiger partial charge in [0.1, 0.15) is 17.3 Å². The summed E-state index contributed by atoms with van der Waals surface area (Å²) in [5.74, 6) is 0.777. The van der Waals surface area contributed by atoms with Gasteiger partial charge in [0.25, 0.3) is 15.9 Å². The van der Waals surface area contributed by atoms with Crippen molar-refractivity contribution in [3.8, 4) is 5.75 Å². The van der Waals surface area contributed by atoms with Gasteiger partial charge in [0, 0.05) is 41.3 Å². The monoisotopic (exact) mass is 498 g/mol. The smallest absolute Gasteiger partial charge is 0.285 e. The van der Waals surface area contributed by atoms with Crippen LogP contribution in [0.15, 0.2) is 107 Å². The molecule has 0 saturated carbocycles. The van der Waals surface area contributed by atoms with Gasteiger partial charge in [-0.05, 0) is 60.2 Å². The Balaban J connectivity index is 1.15. The minimum atomic E-state index is -3.70. The molecule has 0 radical (unpaired) electrons. The van der Waals surface area contributed by atoms with Crippen LogP contribution in [0.3, 0.4) is 0 Å². The normalized spacial score (nSPS) is 13.4. The average Bonchev–Trinajstić information content (AvgIpc) is 3.17. The molecule has 1 aliphatic heterocycles. The topological polar surface area (TPSA) is 110 Å². The van der Waals surface area contributed by atoms with Crippen molar-refractivity contribution in [2.24, 2.45) is 4.40 Å². The third-order valence-corrected chi connectivity index (χ3v) is 6.88. The van der Waals surface area contributed by atoms with E-state index in [9.17, 15) is 13.2 Å². The highest BCUT2D eigenvalue weighted by Crippen LogP contribution is 2.26. The molecule has 5 rings (SSSR count). The number of pyridine rings is 1. The van der Waals surface area contributed by atoms with Gasteiger partial charge in [-0.3, -0.25) is 9.78 Å². The summed E-state index contributed by atoms with van der Waals surface area (Å²) in [6, 6.07) is 24.8. The first kappa shape index (κ1) is 23.3. The highest BCUT2D eigenvalue weighted by Gasteiger charge is 2.28. The lowest BCUT2D eigenvalue weighted by Crippen LogP contribution is -2.22. The van der Waals surface area contributed by atoms with Crippen LogP contribution < -0.4 is 15.4 Å². The Morgan fingerprint density at radius 2 is 1.64 bits per heavy atom. The molecule has 2 heterocycles. The zero-order chi connectivity index (χ0) is 25.0. The summed E-state index contributed by atoms with van der Waals surface area (Å²) in [4.78, 5) is 16.8. The van der Waals surface area contributed by atoms with Crippen molar-refractivity contribution >= 4 is 27.5 Å². The van der Waals surface area contributed by atoms with Crippen molar-refractivity contribution in [1.29, 1.82) is 0 Å². The SMILES string of the molecule is O=C(NCc1ccc(OCc2cccnc2)cc1)c1ccc(NC2=NS(=O)(=O)c3ccccc32)cc1. The summed E-state index contributed by atoms with van der Waals surface area (Å²) in [6.45, 7) is 0.803. The number of amidine groups is 1. The molecule has 4 aromatic rings. The molecule has 0 bridgehead atoms. The van der Waals surface area contributed by atoms with Crippen molar-refractivity contribution in [2.75, 3.05) is 5.32 Å². The van der Waals surface area contributed by atoms with Crippen LogP contribution >= 0.6 is 0 Å². The van der Waals surface area contributed by atoms with E-state index in [0.29, 0.717) is 30.0 Å². The second kappa shape index (κ2) is 10.0. The van der Waals surface area contributed by atoms with Gasteiger partial charge in [0.2, 0.25) is 0 Å². The van der Waals surface area contributed by atoms with Gasteiger partial charge in [0.15, 0.2) is 5.84 Å². The molecule has 1 amide bonds. The van der Waals surface area contributed by atoms with Gasteiger partial charge < -0.3 is 15.4 Å². The molecule has 36 heavy (non-hydrogen) atoms. The number of nitrogens with zero attached hydrogens (tertiary/aromatic N) is 2. The number of fused-ring (bicyclic) bond motifs is 1. The fraction of sp³-hybridized carbons (Fsp3) is 0.0741. The van der Waals surface area contributed by atoms with Gasteiger partial charge in [-0.1, -0.05) is 30.3 Å². The molecule has 1 aromatic heterocycles. The first-order valence-electron chi connectivity index (χ1n) is 11.2. The van der Waals surface area contributed by atoms with Crippen LogP contribution in [0.5, 0.6) is 5.75 Å². The fourth-order valence-electron chi connectivity index (χ4n) is 3.68. The quantitative estimate of drug-likeness (QED) is 0.396. The molecule has 1 aliphatic rings. The Bertz CT molecular complexity index is 1520. The summed E-state index contributed by atoms with van der Waals surface area (Å²) in [6.07, 6.45) is 3.48. The third kappa shape index (κ3) is 5.26. The molecule has 0 atom stereocenters. The van der Waals surface area contributed by atoms with Gasteiger partial charge in [-0.15, -0.1) is 4.40 Å². The molecular weight excluding hydrogens is 476 g/mol. The lowest BCUT2D eigenvalue weighted by Gasteiger charge is -2.09. The van der Waals surface area contributed by atoms with E-state index in [1.807, 2.05) is 36.4 Å². The van der Waals surface area contributed by atoms with Crippen molar-refractivity contribution in [3.63, 3.8) is 0 Å². The van der Waals surface area contributed by atoms with Gasteiger partial charge in [-0.25, -0.2) is 0 Å². The van der Waals surface area contributed by atoms with E-state index in [0.717, 1.165) is 16.9 Å². The van der Waals surface area contributed by atoms with Crippen LogP contribution in [0.1, 0.15) is 27.0 Å². The standard InChI is InChI=1S/C27H22N4O4S/c32-27(29-17-19-7-13-23(14-8-19)35-18-20-4-3-15-28-16-20)21-9-11-22(12-10-21)30-26-24-5-1-2-6-25(24)36(33,34)31-26/h1-16H,17-18H2,(H,29,32)(H,30,31). The number of nitrogens with one attached hydrogen (secondary N) is 2. The van der Waals surface area contributed by atoms with Crippen LogP contribution in [0, 0.1) is 0 Å². The van der Waals surface area contributed by atoms with Crippen molar-refractivity contribution in [1.82, 2.24) is 10.3 Å². The Hall–Kier alpha value is -4.50. The molecule has 180 valence electrons. The van der Waals surface area contributed by atoms with E-state index in [1.54, 1.807) is 54.9 Å². The predicted molar refractivity (Wildman–Crippen MR) is 136 cm³/mol. The van der Waals surface area contributed by atoms with Crippen LogP contribution in [0.4, 0.5) is 5.69 Å². The van der Waals surface area contributed by atoms with E-state index in [-0.39, 0.29) is 16.6 Å². The largest absolute Gasteiger partial charge is 0.489 e. The maximum Gasteiger partial charge on any atom is 0.285 e. The van der Waals surface area contributed by atoms with Crippen molar-refractivity contribution < 1.29 is 17.9 Å². The highest BCUT2D eigenvalue weighted by atomic mass is 32.2. The lowest BCUT2D eigenvalue weighted by molar-refractivity contribution is 0.0951. The molecular formula is C27H22N4O4S. The summed E-state index contributed by atoms with van der Waals surface area (Å²) < 4.78 is 34.0. The van der Waals surface area contributed by atoms with E-state index in [2.05, 4.69) is 20.0 Å². The zero-order valence-electron chi connectivity index (χ0n) is 19.1. The van der Waals surface area contributed by atoms with Crippen LogP contribution in [-0.2, 0) is 23.2 Å². The number of ether oxygens (including phenoxy) is 1. The van der Waals surface area contributed by atoms with Crippen LogP contribution in [0.2, 0.25) is 0 Å². The first-order chi connectivity index (χ1) is 17.5. The number of carbonyl (C=O) groups is 1. The number of aromatic nitrogens is 1. The Kier molecular flexibility index (Phi) is 6.46. The zero-order valence-corrected chi connectivity index (χ0v) is 19.9. The molecule has 3 aromatic carbocycles. The molecule has 8 nitrogen and oxygen atoms in total. The van der Waals surface area contributed by atoms with Crippen molar-refractivity contribution in [2.45, 2.75) is 18.0 Å². The lowest BCUT2D eigenvalue weighted by atomic mass is 10.1. The number of benzene rings is 3. The second-order valence-corrected chi connectivity index (χ2v) is 9.66. The summed E-state index contributed by atoms with van der Waals surface area (Å²) in [5, 5.41) is 5.92. The number of carbonyl (C=O) groups excluding carboxylic acids is 1. The summed E-state index contributed by atoms with van der Waals surface area (Å²) in [5.41, 5.74) is 3.56. The number of amides is 1. The van der Waals surface area contributed by atoms with Gasteiger partial charge in [0.05, 0.1) is 0 Å². The number of hydrogen-bond donors (Lipinski definition) is 2. The van der Waals surface area contributed by atoms with E-state index in [1.165, 1.54) is 6.07 Å². The second-order valence-electron chi connectivity index (χ2n) is 8.09. The molecule has 0 aliphatic carbocycles. The van der Waals surface area contributed by atoms with Crippen LogP contribution in [-0.4, -0.2) is 25.1 Å². The minimum absolute atomic E-state index is 0.177. The average molecular weight is 499 g/mol. The van der Waals surface area contributed by atoms with E-state index < -0.39 is 10.0 Å². The fourth-order valence-corrected chi connectivity index (χ4v) is 4.85. The number of anilines is 1. The Labute approximate surface area is 208 Å². The minimum Gasteiger partial charge on any atom is -0.489 e. The van der Waals surface area contributed by atoms with Crippen LogP contribution in [0.25, 0.3) is 0 Å². The molecule has 0 fully saturated rings. The Morgan fingerprint density at radius 3 is 2.39 bits per heavy atom. The molecule has 9 heteroatoms. The third-order valence-electron chi connectivity index (χ3n) is 5.55. The van der Waals surface area contributed by atoms with E-state index >= 15 is 0 Å². The molecule has 0 saturated heterocycles. The van der Waals surface area contributed by atoms with Crippen molar-refractivity contribution in [3.05, 3.63) is 120 Å². The number of rotatable bonds is 7. The van der Waals surface area contributed by atoms with Gasteiger partial charge >= 0.3 is 0 Å². The maximum absolute atomic E-state index is 12.6. The molecule has 0 unspecified atom stereocenters. The first-order valence-corrected chi connectivity index (χ1v) is 12.6. The summed E-state index contributed by atoms with van der Waals surface area (Å²) >= 11 is 0. The molecule has 0 spiro atoms. The number of hydrogen-bond acceptors (Lipinski definition) is 6. The molecule has 2 N–H and O–H groups in total. The predicted octanol–water partition coefficient (Wildman–Crippen LogP) is 4.15. The highest BCUT2D eigenvalue weighted by molar-refractivity contribution is 7.90. The number of sulfonamides is 1. The summed E-state index contributed by atoms with van der Waals surface area (Å²) in [7, 11) is -3.70. The Morgan fingerprint density at radius 1 is 0.861 bits per heavy atom. The van der Waals surface area contributed by atoms with E-state index in [4.69, 9.17) is 4.74 Å². The maximum atomic E-state index is 12.6. The van der Waals surface area contributed by atoms with Gasteiger partial charge in [-0.2, -0.15) is 8.42 Å².